The number of nitriles is 1. The van der Waals surface area contributed by atoms with Gasteiger partial charge >= 0.3 is 0 Å². The minimum atomic E-state index is 1.18. The van der Waals surface area contributed by atoms with Crippen molar-refractivity contribution in [1.29, 1.82) is 5.26 Å². The van der Waals surface area contributed by atoms with E-state index < -0.39 is 0 Å². The van der Waals surface area contributed by atoms with Crippen LogP contribution in [0.5, 0.6) is 0 Å². The zero-order chi connectivity index (χ0) is 10.1. The summed E-state index contributed by atoms with van der Waals surface area (Å²) in [7, 11) is 0. The Morgan fingerprint density at radius 2 is 1.85 bits per heavy atom. The van der Waals surface area contributed by atoms with Gasteiger partial charge in [0.1, 0.15) is 0 Å². The van der Waals surface area contributed by atoms with Crippen molar-refractivity contribution in [3.63, 3.8) is 0 Å². The van der Waals surface area contributed by atoms with Gasteiger partial charge in [0.05, 0.1) is 6.07 Å². The van der Waals surface area contributed by atoms with Gasteiger partial charge in [-0.3, -0.25) is 0 Å². The summed E-state index contributed by atoms with van der Waals surface area (Å²) in [5, 5.41) is 7.51. The first-order valence-electron chi connectivity index (χ1n) is 3.94. The van der Waals surface area contributed by atoms with E-state index in [-0.39, 0.29) is 0 Å². The van der Waals surface area contributed by atoms with E-state index in [0.29, 0.717) is 0 Å². The smallest absolute Gasteiger partial charge is 0.0905 e. The van der Waals surface area contributed by atoms with Gasteiger partial charge in [0.25, 0.3) is 0 Å². The summed E-state index contributed by atoms with van der Waals surface area (Å²) in [6.07, 6.45) is 3.05. The first kappa shape index (κ1) is 11.2. The molecule has 1 nitrogen and oxygen atoms in total. The molecule has 0 N–H and O–H groups in total. The number of allylic oxidation sites excluding steroid dienone is 1. The maximum absolute atomic E-state index is 7.51. The first-order chi connectivity index (χ1) is 6.26. The number of aryl methyl sites for hydroxylation is 1. The van der Waals surface area contributed by atoms with Crippen molar-refractivity contribution in [3.8, 4) is 6.07 Å². The second-order valence-electron chi connectivity index (χ2n) is 2.39. The maximum Gasteiger partial charge on any atom is 0.0905 e. The molecule has 0 bridgehead atoms. The highest BCUT2D eigenvalue weighted by molar-refractivity contribution is 5.50. The van der Waals surface area contributed by atoms with Gasteiger partial charge in [-0.25, -0.2) is 0 Å². The molecule has 0 saturated carbocycles. The monoisotopic (exact) mass is 171 g/mol. The van der Waals surface area contributed by atoms with E-state index in [4.69, 9.17) is 5.26 Å². The third-order valence-electron chi connectivity index (χ3n) is 1.50. The summed E-state index contributed by atoms with van der Waals surface area (Å²) < 4.78 is 0. The summed E-state index contributed by atoms with van der Waals surface area (Å²) in [4.78, 5) is 0. The lowest BCUT2D eigenvalue weighted by atomic mass is 10.1. The third-order valence-corrected chi connectivity index (χ3v) is 1.50. The highest BCUT2D eigenvalue weighted by atomic mass is 14.2. The Morgan fingerprint density at radius 3 is 2.15 bits per heavy atom. The summed E-state index contributed by atoms with van der Waals surface area (Å²) in [5.41, 5.74) is 2.50. The molecule has 0 spiro atoms. The van der Waals surface area contributed by atoms with Crippen LogP contribution >= 0.6 is 0 Å². The highest BCUT2D eigenvalue weighted by Gasteiger charge is 1.86. The molecule has 1 aromatic carbocycles. The van der Waals surface area contributed by atoms with Crippen LogP contribution in [0.2, 0.25) is 0 Å². The third kappa shape index (κ3) is 4.60. The molecular weight excluding hydrogens is 158 g/mol. The van der Waals surface area contributed by atoms with Gasteiger partial charge in [-0.1, -0.05) is 43.5 Å². The number of nitrogens with zero attached hydrogens (tertiary/aromatic N) is 1. The van der Waals surface area contributed by atoms with E-state index in [2.05, 4.69) is 32.2 Å². The van der Waals surface area contributed by atoms with Crippen LogP contribution in [-0.4, -0.2) is 0 Å². The number of rotatable bonds is 1. The van der Waals surface area contributed by atoms with E-state index in [9.17, 15) is 0 Å². The van der Waals surface area contributed by atoms with Crippen LogP contribution in [0.1, 0.15) is 11.1 Å². The molecule has 0 radical (unpaired) electrons. The predicted molar refractivity (Wildman–Crippen MR) is 57.1 cm³/mol. The topological polar surface area (TPSA) is 23.8 Å². The van der Waals surface area contributed by atoms with Crippen molar-refractivity contribution in [2.24, 2.45) is 0 Å². The van der Waals surface area contributed by atoms with Crippen molar-refractivity contribution in [1.82, 2.24) is 0 Å². The summed E-state index contributed by atoms with van der Waals surface area (Å²) >= 11 is 0. The molecule has 0 fully saturated rings. The number of benzene rings is 1. The molecule has 0 amide bonds. The summed E-state index contributed by atoms with van der Waals surface area (Å²) in [6.45, 7) is 8.89. The van der Waals surface area contributed by atoms with E-state index in [0.717, 1.165) is 0 Å². The molecule has 0 aliphatic rings. The van der Waals surface area contributed by atoms with Crippen molar-refractivity contribution >= 4 is 6.08 Å². The zero-order valence-corrected chi connectivity index (χ0v) is 7.83. The zero-order valence-electron chi connectivity index (χ0n) is 7.83. The predicted octanol–water partition coefficient (Wildman–Crippen LogP) is 3.33. The Labute approximate surface area is 79.6 Å². The normalized spacial score (nSPS) is 7.38. The lowest BCUT2D eigenvalue weighted by Gasteiger charge is -1.95. The fourth-order valence-electron chi connectivity index (χ4n) is 0.816. The lowest BCUT2D eigenvalue weighted by molar-refractivity contribution is 1.45. The van der Waals surface area contributed by atoms with E-state index in [1.807, 2.05) is 18.2 Å². The van der Waals surface area contributed by atoms with Gasteiger partial charge in [-0.15, -0.1) is 0 Å². The van der Waals surface area contributed by atoms with Gasteiger partial charge in [0, 0.05) is 6.08 Å². The molecule has 0 unspecified atom stereocenters. The minimum Gasteiger partial charge on any atom is -0.193 e. The van der Waals surface area contributed by atoms with Crippen molar-refractivity contribution in [2.75, 3.05) is 0 Å². The molecule has 1 aromatic rings. The van der Waals surface area contributed by atoms with Gasteiger partial charge in [0.15, 0.2) is 0 Å². The second-order valence-corrected chi connectivity index (χ2v) is 2.39. The van der Waals surface area contributed by atoms with Crippen LogP contribution in [-0.2, 0) is 0 Å². The molecule has 0 aliphatic heterocycles. The van der Waals surface area contributed by atoms with Crippen LogP contribution in [0.15, 0.2) is 43.5 Å². The Morgan fingerprint density at radius 1 is 1.31 bits per heavy atom. The summed E-state index contributed by atoms with van der Waals surface area (Å²) in [5.74, 6) is 0. The van der Waals surface area contributed by atoms with E-state index >= 15 is 0 Å². The van der Waals surface area contributed by atoms with Crippen LogP contribution in [0.4, 0.5) is 0 Å². The molecule has 0 atom stereocenters. The van der Waals surface area contributed by atoms with Crippen molar-refractivity contribution in [3.05, 3.63) is 54.6 Å². The Bertz CT molecular complexity index is 318. The molecule has 1 rings (SSSR count). The van der Waals surface area contributed by atoms with Gasteiger partial charge in [-0.05, 0) is 18.1 Å². The fraction of sp³-hybridized carbons (Fsp3) is 0.0833. The molecule has 0 saturated heterocycles. The first-order valence-corrected chi connectivity index (χ1v) is 3.94. The maximum atomic E-state index is 7.51. The SMILES string of the molecule is C=CC#N.C=Cc1ccccc1C. The van der Waals surface area contributed by atoms with Crippen LogP contribution in [0.3, 0.4) is 0 Å². The van der Waals surface area contributed by atoms with Crippen LogP contribution < -0.4 is 0 Å². The van der Waals surface area contributed by atoms with Gasteiger partial charge < -0.3 is 0 Å². The standard InChI is InChI=1S/C9H10.C3H3N/c1-3-9-7-5-4-6-8(9)2;1-2-3-4/h3-7H,1H2,2H3;2H,1H2. The average Bonchev–Trinajstić information content (AvgIpc) is 2.19. The quantitative estimate of drug-likeness (QED) is 0.594. The average molecular weight is 171 g/mol. The molecule has 66 valence electrons. The molecular formula is C12H13N. The van der Waals surface area contributed by atoms with E-state index in [1.54, 1.807) is 6.07 Å². The Hall–Kier alpha value is -1.81. The lowest BCUT2D eigenvalue weighted by Crippen LogP contribution is -1.75. The van der Waals surface area contributed by atoms with E-state index in [1.165, 1.54) is 17.2 Å². The number of hydrogen-bond donors (Lipinski definition) is 0. The summed E-state index contributed by atoms with van der Waals surface area (Å²) in [6, 6.07) is 9.88. The molecule has 0 aliphatic carbocycles. The van der Waals surface area contributed by atoms with Crippen LogP contribution in [0, 0.1) is 18.3 Å². The molecule has 0 aromatic heterocycles. The Kier molecular flexibility index (Phi) is 5.92. The van der Waals surface area contributed by atoms with Crippen LogP contribution in [0.25, 0.3) is 6.08 Å². The van der Waals surface area contributed by atoms with Crippen molar-refractivity contribution in [2.45, 2.75) is 6.92 Å². The fourth-order valence-corrected chi connectivity index (χ4v) is 0.816. The largest absolute Gasteiger partial charge is 0.193 e. The van der Waals surface area contributed by atoms with Gasteiger partial charge in [0.2, 0.25) is 0 Å². The molecule has 0 heterocycles. The van der Waals surface area contributed by atoms with Crippen molar-refractivity contribution < 1.29 is 0 Å². The van der Waals surface area contributed by atoms with Gasteiger partial charge in [-0.2, -0.15) is 5.26 Å². The Balaban J connectivity index is 0.000000310. The molecule has 13 heavy (non-hydrogen) atoms. The second kappa shape index (κ2) is 6.87. The number of hydrogen-bond acceptors (Lipinski definition) is 1. The highest BCUT2D eigenvalue weighted by Crippen LogP contribution is 2.06. The molecule has 1 heteroatoms. The minimum absolute atomic E-state index is 1.18.